The van der Waals surface area contributed by atoms with E-state index in [0.29, 0.717) is 23.4 Å². The van der Waals surface area contributed by atoms with Crippen molar-refractivity contribution in [2.75, 3.05) is 11.9 Å². The summed E-state index contributed by atoms with van der Waals surface area (Å²) in [7, 11) is 0. The molecule has 2 aromatic heterocycles. The van der Waals surface area contributed by atoms with Gasteiger partial charge in [0.1, 0.15) is 12.0 Å². The third-order valence-corrected chi connectivity index (χ3v) is 3.03. The summed E-state index contributed by atoms with van der Waals surface area (Å²) in [5, 5.41) is 29.4. The highest BCUT2D eigenvalue weighted by molar-refractivity contribution is 9.10. The summed E-state index contributed by atoms with van der Waals surface area (Å²) in [5.41, 5.74) is -0.251. The maximum atomic E-state index is 10.6. The van der Waals surface area contributed by atoms with Gasteiger partial charge in [0.05, 0.1) is 22.1 Å². The molecule has 0 radical (unpaired) electrons. The van der Waals surface area contributed by atoms with Gasteiger partial charge in [0.2, 0.25) is 0 Å². The summed E-state index contributed by atoms with van der Waals surface area (Å²) in [5.74, 6) is -0.701. The third kappa shape index (κ3) is 3.72. The van der Waals surface area contributed by atoms with Crippen LogP contribution in [0.2, 0.25) is 0 Å². The van der Waals surface area contributed by atoms with Crippen molar-refractivity contribution in [1.82, 2.24) is 20.0 Å². The van der Waals surface area contributed by atoms with Crippen molar-refractivity contribution in [3.05, 3.63) is 38.7 Å². The van der Waals surface area contributed by atoms with E-state index in [2.05, 4.69) is 36.5 Å². The zero-order chi connectivity index (χ0) is 15.4. The van der Waals surface area contributed by atoms with Crippen LogP contribution < -0.4 is 5.32 Å². The number of rotatable bonds is 6. The number of nitrogens with one attached hydrogen (secondary N) is 1. The molecule has 10 nitrogen and oxygen atoms in total. The summed E-state index contributed by atoms with van der Waals surface area (Å²) < 4.78 is 1.83. The number of carbonyl (C=O) groups is 1. The van der Waals surface area contributed by atoms with Crippen LogP contribution in [0, 0.1) is 10.1 Å². The van der Waals surface area contributed by atoms with E-state index in [0.717, 1.165) is 6.20 Å². The number of halogens is 1. The van der Waals surface area contributed by atoms with E-state index >= 15 is 0 Å². The molecular weight excluding hydrogens is 348 g/mol. The molecule has 2 rings (SSSR count). The first kappa shape index (κ1) is 14.8. The fraction of sp³-hybridized carbons (Fsp3) is 0.200. The molecule has 0 fully saturated rings. The molecule has 0 saturated heterocycles. The number of carboxylic acids is 1. The zero-order valence-electron chi connectivity index (χ0n) is 10.4. The smallest absolute Gasteiger partial charge is 0.358 e. The van der Waals surface area contributed by atoms with Crippen LogP contribution in [-0.2, 0) is 6.54 Å². The SMILES string of the molecule is O=C(O)c1cn(CCNc2ncc([N+](=O)[O-])cc2Br)nn1. The highest BCUT2D eigenvalue weighted by Crippen LogP contribution is 2.24. The number of nitrogens with zero attached hydrogens (tertiary/aromatic N) is 5. The van der Waals surface area contributed by atoms with Gasteiger partial charge in [-0.15, -0.1) is 5.10 Å². The first-order chi connectivity index (χ1) is 9.97. The van der Waals surface area contributed by atoms with E-state index in [4.69, 9.17) is 5.11 Å². The van der Waals surface area contributed by atoms with Gasteiger partial charge in [0.25, 0.3) is 5.69 Å². The van der Waals surface area contributed by atoms with E-state index in [1.165, 1.54) is 16.9 Å². The number of hydrogen-bond acceptors (Lipinski definition) is 7. The maximum Gasteiger partial charge on any atom is 0.358 e. The Balaban J connectivity index is 1.93. The van der Waals surface area contributed by atoms with Crippen molar-refractivity contribution >= 4 is 33.4 Å². The molecule has 0 aliphatic heterocycles. The second-order valence-electron chi connectivity index (χ2n) is 3.88. The number of aromatic nitrogens is 4. The fourth-order valence-electron chi connectivity index (χ4n) is 1.45. The third-order valence-electron chi connectivity index (χ3n) is 2.43. The standard InChI is InChI=1S/C10H9BrN6O4/c11-7-3-6(17(20)21)4-13-9(7)12-1-2-16-5-8(10(18)19)14-15-16/h3-5H,1-2H2,(H,12,13)(H,18,19). The molecule has 0 bridgehead atoms. The lowest BCUT2D eigenvalue weighted by atomic mass is 10.4. The van der Waals surface area contributed by atoms with Crippen LogP contribution in [0.3, 0.4) is 0 Å². The Labute approximate surface area is 126 Å². The topological polar surface area (TPSA) is 136 Å². The number of aromatic carboxylic acids is 1. The van der Waals surface area contributed by atoms with Gasteiger partial charge >= 0.3 is 5.97 Å². The van der Waals surface area contributed by atoms with E-state index in [1.807, 2.05) is 0 Å². The van der Waals surface area contributed by atoms with Gasteiger partial charge in [-0.1, -0.05) is 5.21 Å². The van der Waals surface area contributed by atoms with Gasteiger partial charge in [-0.3, -0.25) is 10.1 Å². The van der Waals surface area contributed by atoms with Gasteiger partial charge in [0.15, 0.2) is 5.69 Å². The number of hydrogen-bond donors (Lipinski definition) is 2. The van der Waals surface area contributed by atoms with Gasteiger partial charge in [0, 0.05) is 12.6 Å². The molecular formula is C10H9BrN6O4. The van der Waals surface area contributed by atoms with Gasteiger partial charge in [-0.05, 0) is 15.9 Å². The van der Waals surface area contributed by atoms with Crippen molar-refractivity contribution in [3.63, 3.8) is 0 Å². The normalized spacial score (nSPS) is 10.3. The highest BCUT2D eigenvalue weighted by Gasteiger charge is 2.11. The second-order valence-corrected chi connectivity index (χ2v) is 4.73. The number of pyridine rings is 1. The van der Waals surface area contributed by atoms with Crippen molar-refractivity contribution in [2.24, 2.45) is 0 Å². The van der Waals surface area contributed by atoms with Crippen LogP contribution in [0.5, 0.6) is 0 Å². The van der Waals surface area contributed by atoms with Crippen molar-refractivity contribution in [1.29, 1.82) is 0 Å². The number of carboxylic acid groups (broad SMARTS) is 1. The molecule has 0 aliphatic carbocycles. The second kappa shape index (κ2) is 6.26. The molecule has 110 valence electrons. The molecule has 0 aromatic carbocycles. The quantitative estimate of drug-likeness (QED) is 0.580. The van der Waals surface area contributed by atoms with E-state index < -0.39 is 10.9 Å². The summed E-state index contributed by atoms with van der Waals surface area (Å²) in [4.78, 5) is 24.6. The van der Waals surface area contributed by atoms with Crippen LogP contribution in [0.25, 0.3) is 0 Å². The van der Waals surface area contributed by atoms with E-state index in [-0.39, 0.29) is 11.4 Å². The molecule has 0 spiro atoms. The van der Waals surface area contributed by atoms with Crippen LogP contribution >= 0.6 is 15.9 Å². The Bertz CT molecular complexity index is 688. The molecule has 0 amide bonds. The molecule has 0 atom stereocenters. The first-order valence-electron chi connectivity index (χ1n) is 5.64. The highest BCUT2D eigenvalue weighted by atomic mass is 79.9. The van der Waals surface area contributed by atoms with Crippen LogP contribution in [0.4, 0.5) is 11.5 Å². The molecule has 21 heavy (non-hydrogen) atoms. The predicted molar refractivity (Wildman–Crippen MR) is 74.1 cm³/mol. The minimum absolute atomic E-state index is 0.116. The molecule has 2 aromatic rings. The Hall–Kier alpha value is -2.56. The Morgan fingerprint density at radius 3 is 2.90 bits per heavy atom. The number of anilines is 1. The van der Waals surface area contributed by atoms with Gasteiger partial charge in [-0.25, -0.2) is 14.5 Å². The lowest BCUT2D eigenvalue weighted by Crippen LogP contribution is -2.12. The van der Waals surface area contributed by atoms with Gasteiger partial charge < -0.3 is 10.4 Å². The van der Waals surface area contributed by atoms with Crippen molar-refractivity contribution in [3.8, 4) is 0 Å². The summed E-state index contributed by atoms with van der Waals surface area (Å²) in [6, 6.07) is 1.34. The van der Waals surface area contributed by atoms with Crippen LogP contribution in [0.1, 0.15) is 10.5 Å². The van der Waals surface area contributed by atoms with Crippen LogP contribution in [0.15, 0.2) is 22.9 Å². The van der Waals surface area contributed by atoms with E-state index in [9.17, 15) is 14.9 Å². The summed E-state index contributed by atoms with van der Waals surface area (Å²) in [6.45, 7) is 0.761. The molecule has 0 unspecified atom stereocenters. The summed E-state index contributed by atoms with van der Waals surface area (Å²) in [6.07, 6.45) is 2.45. The average molecular weight is 357 g/mol. The lowest BCUT2D eigenvalue weighted by Gasteiger charge is -2.06. The van der Waals surface area contributed by atoms with Crippen molar-refractivity contribution in [2.45, 2.75) is 6.54 Å². The molecule has 2 heterocycles. The Kier molecular flexibility index (Phi) is 4.42. The maximum absolute atomic E-state index is 10.6. The monoisotopic (exact) mass is 356 g/mol. The molecule has 0 aliphatic rings. The van der Waals surface area contributed by atoms with Gasteiger partial charge in [-0.2, -0.15) is 0 Å². The minimum Gasteiger partial charge on any atom is -0.476 e. The largest absolute Gasteiger partial charge is 0.476 e. The average Bonchev–Trinajstić information content (AvgIpc) is 2.89. The minimum atomic E-state index is -1.14. The number of nitro groups is 1. The molecule has 11 heteroatoms. The van der Waals surface area contributed by atoms with Crippen LogP contribution in [-0.4, -0.2) is 42.5 Å². The lowest BCUT2D eigenvalue weighted by molar-refractivity contribution is -0.385. The fourth-order valence-corrected chi connectivity index (χ4v) is 1.93. The first-order valence-corrected chi connectivity index (χ1v) is 6.44. The Morgan fingerprint density at radius 1 is 1.57 bits per heavy atom. The van der Waals surface area contributed by atoms with E-state index in [1.54, 1.807) is 0 Å². The molecule has 0 saturated carbocycles. The zero-order valence-corrected chi connectivity index (χ0v) is 12.0. The van der Waals surface area contributed by atoms with Crippen molar-refractivity contribution < 1.29 is 14.8 Å². The summed E-state index contributed by atoms with van der Waals surface area (Å²) >= 11 is 3.18. The molecule has 2 N–H and O–H groups in total. The predicted octanol–water partition coefficient (Wildman–Crippen LogP) is 1.15. The Morgan fingerprint density at radius 2 is 2.33 bits per heavy atom.